The van der Waals surface area contributed by atoms with E-state index in [1.165, 1.54) is 36.1 Å². The number of nitrogens with one attached hydrogen (secondary N) is 2. The molecule has 0 bridgehead atoms. The van der Waals surface area contributed by atoms with E-state index in [-0.39, 0.29) is 28.0 Å². The molecule has 3 aromatic rings. The van der Waals surface area contributed by atoms with Crippen molar-refractivity contribution in [3.63, 3.8) is 0 Å². The predicted octanol–water partition coefficient (Wildman–Crippen LogP) is 2.73. The Bertz CT molecular complexity index is 1210. The molecule has 3 rings (SSSR count). The first-order valence-corrected chi connectivity index (χ1v) is 11.8. The van der Waals surface area contributed by atoms with Gasteiger partial charge >= 0.3 is 0 Å². The Morgan fingerprint density at radius 2 is 1.93 bits per heavy atom. The van der Waals surface area contributed by atoms with Gasteiger partial charge in [-0.3, -0.25) is 14.2 Å². The molecule has 0 saturated heterocycles. The molecule has 0 fully saturated rings. The summed E-state index contributed by atoms with van der Waals surface area (Å²) >= 11 is 0. The molecule has 0 unspecified atom stereocenters. The lowest BCUT2D eigenvalue weighted by molar-refractivity contribution is 0.631. The molecule has 1 aromatic carbocycles. The highest BCUT2D eigenvalue weighted by molar-refractivity contribution is 6.83. The van der Waals surface area contributed by atoms with Crippen molar-refractivity contribution in [3.05, 3.63) is 62.7 Å². The van der Waals surface area contributed by atoms with Gasteiger partial charge in [-0.05, 0) is 18.2 Å². The molecule has 0 amide bonds. The summed E-state index contributed by atoms with van der Waals surface area (Å²) < 4.78 is 15.8. The lowest BCUT2D eigenvalue weighted by Gasteiger charge is -2.11. The minimum absolute atomic E-state index is 0.145. The van der Waals surface area contributed by atoms with Crippen LogP contribution in [0.15, 0.2) is 40.2 Å². The second-order valence-corrected chi connectivity index (χ2v) is 12.0. The van der Waals surface area contributed by atoms with Crippen LogP contribution in [0.3, 0.4) is 0 Å². The summed E-state index contributed by atoms with van der Waals surface area (Å²) in [5.41, 5.74) is 3.54. The number of aromatic nitrogens is 3. The van der Waals surface area contributed by atoms with E-state index in [9.17, 15) is 14.0 Å². The standard InChI is InChI=1S/C19H19FN4O2Si/c1-24-16(25)10-15(17-18(24)21-11-22-19(17)26)23-14-6-5-12(9-13(14)20)7-8-27(2,3)4/h5-6,9-11,23H,1-4H3,(H,21,22,26). The van der Waals surface area contributed by atoms with Crippen LogP contribution >= 0.6 is 0 Å². The summed E-state index contributed by atoms with van der Waals surface area (Å²) in [6, 6.07) is 5.82. The van der Waals surface area contributed by atoms with Crippen LogP contribution in [-0.4, -0.2) is 22.6 Å². The molecule has 0 aliphatic rings. The average molecular weight is 382 g/mol. The highest BCUT2D eigenvalue weighted by atomic mass is 28.3. The Hall–Kier alpha value is -3.18. The summed E-state index contributed by atoms with van der Waals surface area (Å²) in [5, 5.41) is 3.02. The molecule has 0 aliphatic heterocycles. The van der Waals surface area contributed by atoms with E-state index < -0.39 is 19.5 Å². The number of hydrogen-bond donors (Lipinski definition) is 2. The molecule has 2 aromatic heterocycles. The van der Waals surface area contributed by atoms with Gasteiger partial charge in [0, 0.05) is 18.7 Å². The summed E-state index contributed by atoms with van der Waals surface area (Å²) in [7, 11) is -0.0406. The number of aryl methyl sites for hydroxylation is 1. The Kier molecular flexibility index (Phi) is 4.72. The number of rotatable bonds is 2. The van der Waals surface area contributed by atoms with Gasteiger partial charge in [-0.1, -0.05) is 25.6 Å². The Morgan fingerprint density at radius 3 is 2.59 bits per heavy atom. The molecule has 0 spiro atoms. The third-order valence-electron chi connectivity index (χ3n) is 3.84. The van der Waals surface area contributed by atoms with E-state index in [0.29, 0.717) is 5.56 Å². The van der Waals surface area contributed by atoms with Crippen LogP contribution < -0.4 is 16.4 Å². The number of aromatic amines is 1. The van der Waals surface area contributed by atoms with Crippen LogP contribution in [-0.2, 0) is 7.05 Å². The predicted molar refractivity (Wildman–Crippen MR) is 108 cm³/mol. The molecule has 138 valence electrons. The molecule has 0 aliphatic carbocycles. The van der Waals surface area contributed by atoms with Crippen molar-refractivity contribution in [1.29, 1.82) is 0 Å². The summed E-state index contributed by atoms with van der Waals surface area (Å²) in [5.74, 6) is 2.48. The first-order valence-electron chi connectivity index (χ1n) is 8.33. The Morgan fingerprint density at radius 1 is 1.19 bits per heavy atom. The van der Waals surface area contributed by atoms with Gasteiger partial charge in [-0.25, -0.2) is 9.37 Å². The van der Waals surface area contributed by atoms with E-state index in [2.05, 4.69) is 46.4 Å². The van der Waals surface area contributed by atoms with E-state index in [0.717, 1.165) is 0 Å². The van der Waals surface area contributed by atoms with Crippen molar-refractivity contribution in [2.75, 3.05) is 5.32 Å². The fraction of sp³-hybridized carbons (Fsp3) is 0.211. The summed E-state index contributed by atoms with van der Waals surface area (Å²) in [6.45, 7) is 6.33. The molecule has 2 N–H and O–H groups in total. The molecule has 6 nitrogen and oxygen atoms in total. The second kappa shape index (κ2) is 6.85. The van der Waals surface area contributed by atoms with Crippen molar-refractivity contribution in [2.45, 2.75) is 19.6 Å². The van der Waals surface area contributed by atoms with Crippen LogP contribution in [0.25, 0.3) is 11.0 Å². The Labute approximate surface area is 156 Å². The second-order valence-electron chi connectivity index (χ2n) is 7.21. The molecule has 0 radical (unpaired) electrons. The number of H-pyrrole nitrogens is 1. The SMILES string of the molecule is Cn1c(=O)cc(Nc2ccc(C#C[Si](C)(C)C)cc2F)c2c(=O)[nH]cnc21. The maximum atomic E-state index is 14.5. The van der Waals surface area contributed by atoms with Crippen LogP contribution in [0.4, 0.5) is 15.8 Å². The quantitative estimate of drug-likeness (QED) is 0.528. The van der Waals surface area contributed by atoms with Crippen molar-refractivity contribution in [3.8, 4) is 11.5 Å². The first kappa shape index (κ1) is 18.6. The lowest BCUT2D eigenvalue weighted by Crippen LogP contribution is -2.21. The third kappa shape index (κ3) is 3.98. The Balaban J connectivity index is 2.06. The maximum absolute atomic E-state index is 14.5. The zero-order valence-electron chi connectivity index (χ0n) is 15.5. The monoisotopic (exact) mass is 382 g/mol. The van der Waals surface area contributed by atoms with Crippen molar-refractivity contribution >= 4 is 30.5 Å². The van der Waals surface area contributed by atoms with E-state index in [4.69, 9.17) is 0 Å². The van der Waals surface area contributed by atoms with E-state index >= 15 is 0 Å². The number of hydrogen-bond acceptors (Lipinski definition) is 4. The summed E-state index contributed by atoms with van der Waals surface area (Å²) in [6.07, 6.45) is 1.22. The molecule has 2 heterocycles. The van der Waals surface area contributed by atoms with Crippen LogP contribution in [0.2, 0.25) is 19.6 Å². The van der Waals surface area contributed by atoms with Crippen LogP contribution in [0.5, 0.6) is 0 Å². The smallest absolute Gasteiger partial charge is 0.262 e. The number of fused-ring (bicyclic) bond motifs is 1. The highest BCUT2D eigenvalue weighted by Gasteiger charge is 2.13. The van der Waals surface area contributed by atoms with E-state index in [1.54, 1.807) is 6.07 Å². The van der Waals surface area contributed by atoms with Gasteiger partial charge < -0.3 is 10.3 Å². The number of halogens is 1. The molecule has 8 heteroatoms. The average Bonchev–Trinajstić information content (AvgIpc) is 2.59. The van der Waals surface area contributed by atoms with Crippen molar-refractivity contribution in [1.82, 2.24) is 14.5 Å². The molecule has 27 heavy (non-hydrogen) atoms. The minimum atomic E-state index is -1.56. The number of pyridine rings is 1. The number of benzene rings is 1. The maximum Gasteiger partial charge on any atom is 0.262 e. The molecular formula is C19H19FN4O2Si. The summed E-state index contributed by atoms with van der Waals surface area (Å²) in [4.78, 5) is 30.9. The van der Waals surface area contributed by atoms with Gasteiger partial charge in [-0.15, -0.1) is 5.54 Å². The van der Waals surface area contributed by atoms with E-state index in [1.807, 2.05) is 0 Å². The van der Waals surface area contributed by atoms with Crippen molar-refractivity contribution in [2.24, 2.45) is 7.05 Å². The molecule has 0 atom stereocenters. The van der Waals surface area contributed by atoms with Gasteiger partial charge in [0.1, 0.15) is 19.3 Å². The van der Waals surface area contributed by atoms with Gasteiger partial charge in [0.05, 0.1) is 17.7 Å². The number of anilines is 2. The van der Waals surface area contributed by atoms with Gasteiger partial charge in [0.15, 0.2) is 5.65 Å². The van der Waals surface area contributed by atoms with Gasteiger partial charge in [0.2, 0.25) is 0 Å². The molecule has 0 saturated carbocycles. The minimum Gasteiger partial charge on any atom is -0.352 e. The third-order valence-corrected chi connectivity index (χ3v) is 4.71. The number of nitrogens with zero attached hydrogens (tertiary/aromatic N) is 2. The van der Waals surface area contributed by atoms with Crippen LogP contribution in [0.1, 0.15) is 5.56 Å². The highest BCUT2D eigenvalue weighted by Crippen LogP contribution is 2.23. The largest absolute Gasteiger partial charge is 0.352 e. The van der Waals surface area contributed by atoms with Crippen molar-refractivity contribution < 1.29 is 4.39 Å². The zero-order valence-corrected chi connectivity index (χ0v) is 16.5. The molecular weight excluding hydrogens is 363 g/mol. The zero-order chi connectivity index (χ0) is 19.8. The topological polar surface area (TPSA) is 79.8 Å². The van der Waals surface area contributed by atoms with Crippen LogP contribution in [0, 0.1) is 17.3 Å². The van der Waals surface area contributed by atoms with Gasteiger partial charge in [0.25, 0.3) is 11.1 Å². The van der Waals surface area contributed by atoms with Gasteiger partial charge in [-0.2, -0.15) is 0 Å². The normalized spacial score (nSPS) is 11.1. The first-order chi connectivity index (χ1) is 12.7. The lowest BCUT2D eigenvalue weighted by atomic mass is 10.2. The fourth-order valence-corrected chi connectivity index (χ4v) is 3.00. The fourth-order valence-electron chi connectivity index (χ4n) is 2.48.